The van der Waals surface area contributed by atoms with E-state index in [0.717, 1.165) is 18.6 Å². The molecule has 0 aromatic rings. The highest BCUT2D eigenvalue weighted by Gasteiger charge is 2.24. The van der Waals surface area contributed by atoms with Gasteiger partial charge in [-0.2, -0.15) is 0 Å². The molecule has 1 aliphatic rings. The van der Waals surface area contributed by atoms with Gasteiger partial charge in [0.05, 0.1) is 16.3 Å². The maximum atomic E-state index is 11.5. The molecule has 0 radical (unpaired) electrons. The molecule has 1 aliphatic heterocycles. The lowest BCUT2D eigenvalue weighted by atomic mass is 10.2. The van der Waals surface area contributed by atoms with Gasteiger partial charge >= 0.3 is 0 Å². The molecule has 1 fully saturated rings. The van der Waals surface area contributed by atoms with Gasteiger partial charge in [0, 0.05) is 0 Å². The molecule has 2 unspecified atom stereocenters. The number of nitrogens with two attached hydrogens (primary N) is 1. The third kappa shape index (κ3) is 3.15. The second-order valence-electron chi connectivity index (χ2n) is 3.13. The van der Waals surface area contributed by atoms with Crippen molar-refractivity contribution in [2.45, 2.75) is 31.1 Å². The first-order valence-corrected chi connectivity index (χ1v) is 5.78. The molecule has 74 valence electrons. The average molecular weight is 218 g/mol. The quantitative estimate of drug-likeness (QED) is 0.684. The molecular formula is C8H14N2OS2. The van der Waals surface area contributed by atoms with Crippen molar-refractivity contribution in [2.24, 2.45) is 5.73 Å². The molecule has 5 heteroatoms. The van der Waals surface area contributed by atoms with Crippen molar-refractivity contribution in [1.29, 1.82) is 0 Å². The number of thiocarbonyl (C=S) groups is 1. The van der Waals surface area contributed by atoms with Crippen molar-refractivity contribution in [3.63, 3.8) is 0 Å². The SMILES string of the molecule is CC(NC(=O)C1CCCS1)C(N)=S. The molecule has 2 atom stereocenters. The predicted molar refractivity (Wildman–Crippen MR) is 59.9 cm³/mol. The summed E-state index contributed by atoms with van der Waals surface area (Å²) in [5.41, 5.74) is 5.39. The highest BCUT2D eigenvalue weighted by Crippen LogP contribution is 2.26. The van der Waals surface area contributed by atoms with Gasteiger partial charge in [0.2, 0.25) is 5.91 Å². The minimum Gasteiger partial charge on any atom is -0.392 e. The van der Waals surface area contributed by atoms with Crippen LogP contribution in [0.25, 0.3) is 0 Å². The van der Waals surface area contributed by atoms with Crippen LogP contribution in [-0.4, -0.2) is 27.9 Å². The molecule has 1 rings (SSSR count). The molecule has 0 saturated carbocycles. The summed E-state index contributed by atoms with van der Waals surface area (Å²) in [6.07, 6.45) is 2.10. The van der Waals surface area contributed by atoms with Crippen LogP contribution in [-0.2, 0) is 4.79 Å². The van der Waals surface area contributed by atoms with E-state index in [1.807, 2.05) is 0 Å². The Morgan fingerprint density at radius 1 is 1.77 bits per heavy atom. The van der Waals surface area contributed by atoms with E-state index in [2.05, 4.69) is 5.32 Å². The first-order valence-electron chi connectivity index (χ1n) is 4.32. The van der Waals surface area contributed by atoms with E-state index < -0.39 is 0 Å². The van der Waals surface area contributed by atoms with Crippen LogP contribution in [0.5, 0.6) is 0 Å². The molecule has 3 nitrogen and oxygen atoms in total. The largest absolute Gasteiger partial charge is 0.392 e. The molecule has 1 amide bonds. The van der Waals surface area contributed by atoms with E-state index >= 15 is 0 Å². The van der Waals surface area contributed by atoms with Gasteiger partial charge in [-0.15, -0.1) is 11.8 Å². The minimum atomic E-state index is -0.191. The molecule has 0 aliphatic carbocycles. The Hall–Kier alpha value is -0.290. The fourth-order valence-corrected chi connectivity index (χ4v) is 2.39. The number of hydrogen-bond donors (Lipinski definition) is 2. The zero-order valence-corrected chi connectivity index (χ0v) is 9.21. The zero-order chi connectivity index (χ0) is 9.84. The second kappa shape index (κ2) is 4.81. The van der Waals surface area contributed by atoms with Crippen LogP contribution in [0.3, 0.4) is 0 Å². The van der Waals surface area contributed by atoms with E-state index in [4.69, 9.17) is 18.0 Å². The van der Waals surface area contributed by atoms with Crippen molar-refractivity contribution in [3.8, 4) is 0 Å². The third-order valence-corrected chi connectivity index (χ3v) is 3.74. The molecule has 13 heavy (non-hydrogen) atoms. The first kappa shape index (κ1) is 10.8. The Labute approximate surface area is 87.8 Å². The number of amides is 1. The Balaban J connectivity index is 2.35. The fourth-order valence-electron chi connectivity index (χ4n) is 1.16. The Morgan fingerprint density at radius 3 is 2.92 bits per heavy atom. The average Bonchev–Trinajstić information content (AvgIpc) is 2.55. The molecule has 1 heterocycles. The Morgan fingerprint density at radius 2 is 2.46 bits per heavy atom. The van der Waals surface area contributed by atoms with Crippen LogP contribution in [0.1, 0.15) is 19.8 Å². The summed E-state index contributed by atoms with van der Waals surface area (Å²) in [5.74, 6) is 1.15. The Bertz CT molecular complexity index is 214. The van der Waals surface area contributed by atoms with Crippen LogP contribution >= 0.6 is 24.0 Å². The number of carbonyl (C=O) groups excluding carboxylic acids is 1. The summed E-state index contributed by atoms with van der Waals surface area (Å²) in [5, 5.41) is 2.90. The van der Waals surface area contributed by atoms with Gasteiger partial charge in [0.15, 0.2) is 0 Å². The lowest BCUT2D eigenvalue weighted by molar-refractivity contribution is -0.120. The van der Waals surface area contributed by atoms with Gasteiger partial charge in [-0.05, 0) is 25.5 Å². The van der Waals surface area contributed by atoms with Crippen LogP contribution in [0.2, 0.25) is 0 Å². The highest BCUT2D eigenvalue weighted by molar-refractivity contribution is 8.00. The fraction of sp³-hybridized carbons (Fsp3) is 0.750. The summed E-state index contributed by atoms with van der Waals surface area (Å²) in [6.45, 7) is 1.81. The molecule has 0 spiro atoms. The van der Waals surface area contributed by atoms with Gasteiger partial charge < -0.3 is 11.1 Å². The first-order chi connectivity index (χ1) is 6.11. The van der Waals surface area contributed by atoms with Gasteiger partial charge in [0.25, 0.3) is 0 Å². The topological polar surface area (TPSA) is 55.1 Å². The van der Waals surface area contributed by atoms with E-state index in [1.165, 1.54) is 0 Å². The summed E-state index contributed by atoms with van der Waals surface area (Å²) in [7, 11) is 0. The van der Waals surface area contributed by atoms with Crippen molar-refractivity contribution >= 4 is 34.9 Å². The van der Waals surface area contributed by atoms with Crippen molar-refractivity contribution in [1.82, 2.24) is 5.32 Å². The van der Waals surface area contributed by atoms with E-state index in [9.17, 15) is 4.79 Å². The van der Waals surface area contributed by atoms with Gasteiger partial charge in [0.1, 0.15) is 0 Å². The maximum Gasteiger partial charge on any atom is 0.233 e. The summed E-state index contributed by atoms with van der Waals surface area (Å²) < 4.78 is 0. The summed E-state index contributed by atoms with van der Waals surface area (Å²) in [6, 6.07) is -0.191. The molecule has 1 saturated heterocycles. The van der Waals surface area contributed by atoms with Gasteiger partial charge in [-0.1, -0.05) is 12.2 Å². The maximum absolute atomic E-state index is 11.5. The van der Waals surface area contributed by atoms with Crippen molar-refractivity contribution in [2.75, 3.05) is 5.75 Å². The van der Waals surface area contributed by atoms with Crippen molar-refractivity contribution < 1.29 is 4.79 Å². The lowest BCUT2D eigenvalue weighted by Gasteiger charge is -2.14. The number of hydrogen-bond acceptors (Lipinski definition) is 3. The number of rotatable bonds is 3. The normalized spacial score (nSPS) is 23.9. The predicted octanol–water partition coefficient (Wildman–Crippen LogP) is 0.673. The smallest absolute Gasteiger partial charge is 0.233 e. The number of thioether (sulfide) groups is 1. The van der Waals surface area contributed by atoms with Crippen LogP contribution < -0.4 is 11.1 Å². The Kier molecular flexibility index (Phi) is 3.99. The monoisotopic (exact) mass is 218 g/mol. The lowest BCUT2D eigenvalue weighted by Crippen LogP contribution is -2.44. The molecular weight excluding hydrogens is 204 g/mol. The summed E-state index contributed by atoms with van der Waals surface area (Å²) >= 11 is 6.48. The van der Waals surface area contributed by atoms with Gasteiger partial charge in [-0.25, -0.2) is 0 Å². The third-order valence-electron chi connectivity index (χ3n) is 2.01. The van der Waals surface area contributed by atoms with Crippen LogP contribution in [0.4, 0.5) is 0 Å². The molecule has 0 aromatic carbocycles. The second-order valence-corrected chi connectivity index (χ2v) is 4.92. The van der Waals surface area contributed by atoms with Crippen LogP contribution in [0, 0.1) is 0 Å². The van der Waals surface area contributed by atoms with Crippen molar-refractivity contribution in [3.05, 3.63) is 0 Å². The number of nitrogens with one attached hydrogen (secondary N) is 1. The van der Waals surface area contributed by atoms with E-state index in [0.29, 0.717) is 4.99 Å². The molecule has 3 N–H and O–H groups in total. The molecule has 0 bridgehead atoms. The summed E-state index contributed by atoms with van der Waals surface area (Å²) in [4.78, 5) is 11.9. The zero-order valence-electron chi connectivity index (χ0n) is 7.58. The molecule has 0 aromatic heterocycles. The van der Waals surface area contributed by atoms with E-state index in [1.54, 1.807) is 18.7 Å². The van der Waals surface area contributed by atoms with Crippen LogP contribution in [0.15, 0.2) is 0 Å². The standard InChI is InChI=1S/C8H14N2OS2/c1-5(7(9)12)10-8(11)6-3-2-4-13-6/h5-6H,2-4H2,1H3,(H2,9,12)(H,10,11). The van der Waals surface area contributed by atoms with E-state index in [-0.39, 0.29) is 17.2 Å². The highest BCUT2D eigenvalue weighted by atomic mass is 32.2. The van der Waals surface area contributed by atoms with Gasteiger partial charge in [-0.3, -0.25) is 4.79 Å². The number of carbonyl (C=O) groups is 1. The minimum absolute atomic E-state index is 0.0720.